The topological polar surface area (TPSA) is 39.4 Å². The Morgan fingerprint density at radius 3 is 2.71 bits per heavy atom. The van der Waals surface area contributed by atoms with Crippen molar-refractivity contribution in [1.29, 1.82) is 0 Å². The smallest absolute Gasteiger partial charge is 0.196 e. The van der Waals surface area contributed by atoms with Crippen LogP contribution >= 0.6 is 0 Å². The second-order valence-electron chi connectivity index (χ2n) is 2.55. The molecule has 0 bridgehead atoms. The minimum absolute atomic E-state index is 0.753. The van der Waals surface area contributed by atoms with E-state index in [1.807, 2.05) is 26.8 Å². The number of aryl methyl sites for hydroxylation is 1. The van der Waals surface area contributed by atoms with Crippen molar-refractivity contribution in [2.45, 2.75) is 20.8 Å². The predicted octanol–water partition coefficient (Wildman–Crippen LogP) is 2.07. The number of hydrogen-bond acceptors (Lipinski definition) is 3. The van der Waals surface area contributed by atoms with Gasteiger partial charge in [-0.15, -0.1) is 0 Å². The van der Waals surface area contributed by atoms with Crippen LogP contribution in [0.15, 0.2) is 18.5 Å². The van der Waals surface area contributed by atoms with E-state index in [4.69, 9.17) is 4.74 Å². The fraction of sp³-hybridized carbons (Fsp3) is 0.400. The Kier molecular flexibility index (Phi) is 3.45. The molecule has 0 spiro atoms. The third kappa shape index (κ3) is 1.84. The van der Waals surface area contributed by atoms with Gasteiger partial charge in [-0.3, -0.25) is 0 Å². The average Bonchev–Trinajstić information content (AvgIpc) is 2.67. The van der Waals surface area contributed by atoms with Crippen molar-refractivity contribution >= 4 is 5.65 Å². The van der Waals surface area contributed by atoms with Crippen molar-refractivity contribution < 1.29 is 4.74 Å². The molecule has 0 aliphatic heterocycles. The highest BCUT2D eigenvalue weighted by atomic mass is 16.5. The molecule has 4 heteroatoms. The summed E-state index contributed by atoms with van der Waals surface area (Å²) in [6.45, 7) is 5.92. The predicted molar refractivity (Wildman–Crippen MR) is 55.6 cm³/mol. The summed E-state index contributed by atoms with van der Waals surface area (Å²) >= 11 is 0. The van der Waals surface area contributed by atoms with E-state index < -0.39 is 0 Å². The van der Waals surface area contributed by atoms with Crippen molar-refractivity contribution in [1.82, 2.24) is 14.6 Å². The van der Waals surface area contributed by atoms with Crippen molar-refractivity contribution in [3.63, 3.8) is 0 Å². The van der Waals surface area contributed by atoms with Gasteiger partial charge in [-0.05, 0) is 6.92 Å². The largest absolute Gasteiger partial charge is 0.493 e. The van der Waals surface area contributed by atoms with Gasteiger partial charge in [0.2, 0.25) is 0 Å². The van der Waals surface area contributed by atoms with Gasteiger partial charge in [-0.25, -0.2) is 9.50 Å². The molecule has 0 atom stereocenters. The van der Waals surface area contributed by atoms with Crippen LogP contribution in [-0.4, -0.2) is 21.7 Å². The molecule has 76 valence electrons. The number of rotatable bonds is 1. The maximum absolute atomic E-state index is 5.14. The number of aromatic nitrogens is 3. The Hall–Kier alpha value is -1.58. The maximum atomic E-state index is 5.14. The summed E-state index contributed by atoms with van der Waals surface area (Å²) in [7, 11) is 1.63. The highest BCUT2D eigenvalue weighted by molar-refractivity contribution is 5.52. The molecule has 14 heavy (non-hydrogen) atoms. The van der Waals surface area contributed by atoms with Gasteiger partial charge in [0.15, 0.2) is 11.4 Å². The fourth-order valence-electron chi connectivity index (χ4n) is 1.16. The molecule has 2 rings (SSSR count). The molecule has 2 aromatic heterocycles. The normalized spacial score (nSPS) is 9.43. The quantitative estimate of drug-likeness (QED) is 0.696. The molecule has 0 fully saturated rings. The molecule has 4 nitrogen and oxygen atoms in total. The fourth-order valence-corrected chi connectivity index (χ4v) is 1.16. The van der Waals surface area contributed by atoms with Crippen molar-refractivity contribution in [3.8, 4) is 5.75 Å². The monoisotopic (exact) mass is 193 g/mol. The summed E-state index contributed by atoms with van der Waals surface area (Å²) in [4.78, 5) is 4.11. The Labute approximate surface area is 83.5 Å². The molecule has 0 aromatic carbocycles. The lowest BCUT2D eigenvalue weighted by Gasteiger charge is -2.01. The van der Waals surface area contributed by atoms with Crippen LogP contribution in [0.2, 0.25) is 0 Å². The molecule has 0 saturated carbocycles. The van der Waals surface area contributed by atoms with Crippen LogP contribution in [0.5, 0.6) is 5.75 Å². The molecule has 2 heterocycles. The van der Waals surface area contributed by atoms with Crippen LogP contribution in [-0.2, 0) is 0 Å². The van der Waals surface area contributed by atoms with E-state index in [0.29, 0.717) is 0 Å². The molecule has 0 saturated heterocycles. The standard InChI is InChI=1S/C8H9N3O.C2H6/c1-6-5-7(12-2)8-9-3-4-11(8)10-6;1-2/h3-5H,1-2H3;1-2H3. The van der Waals surface area contributed by atoms with Gasteiger partial charge in [-0.2, -0.15) is 5.10 Å². The van der Waals surface area contributed by atoms with Gasteiger partial charge in [0, 0.05) is 18.5 Å². The van der Waals surface area contributed by atoms with Crippen LogP contribution in [0.1, 0.15) is 19.5 Å². The Bertz CT molecular complexity index is 409. The van der Waals surface area contributed by atoms with E-state index in [-0.39, 0.29) is 0 Å². The van der Waals surface area contributed by atoms with Crippen LogP contribution in [0.4, 0.5) is 0 Å². The Morgan fingerprint density at radius 2 is 2.07 bits per heavy atom. The zero-order valence-electron chi connectivity index (χ0n) is 8.98. The molecule has 0 N–H and O–H groups in total. The molecule has 0 aliphatic rings. The van der Waals surface area contributed by atoms with Crippen LogP contribution in [0, 0.1) is 6.92 Å². The lowest BCUT2D eigenvalue weighted by Crippen LogP contribution is -1.96. The van der Waals surface area contributed by atoms with E-state index in [1.165, 1.54) is 0 Å². The molecular weight excluding hydrogens is 178 g/mol. The number of ether oxygens (including phenoxy) is 1. The molecule has 0 radical (unpaired) electrons. The zero-order chi connectivity index (χ0) is 10.6. The number of imidazole rings is 1. The summed E-state index contributed by atoms with van der Waals surface area (Å²) in [5.74, 6) is 0.757. The first kappa shape index (κ1) is 10.5. The van der Waals surface area contributed by atoms with Gasteiger partial charge in [0.1, 0.15) is 0 Å². The van der Waals surface area contributed by atoms with Crippen molar-refractivity contribution in [2.24, 2.45) is 0 Å². The summed E-state index contributed by atoms with van der Waals surface area (Å²) in [6, 6.07) is 1.86. The van der Waals surface area contributed by atoms with Crippen LogP contribution in [0.25, 0.3) is 5.65 Å². The molecule has 0 aliphatic carbocycles. The van der Waals surface area contributed by atoms with E-state index >= 15 is 0 Å². The minimum Gasteiger partial charge on any atom is -0.493 e. The molecule has 2 aromatic rings. The van der Waals surface area contributed by atoms with Crippen LogP contribution in [0.3, 0.4) is 0 Å². The second-order valence-corrected chi connectivity index (χ2v) is 2.55. The first-order valence-corrected chi connectivity index (χ1v) is 4.66. The van der Waals surface area contributed by atoms with Gasteiger partial charge in [0.25, 0.3) is 0 Å². The summed E-state index contributed by atoms with van der Waals surface area (Å²) in [5, 5.41) is 4.22. The van der Waals surface area contributed by atoms with Crippen molar-refractivity contribution in [2.75, 3.05) is 7.11 Å². The number of nitrogens with zero attached hydrogens (tertiary/aromatic N) is 3. The third-order valence-corrected chi connectivity index (χ3v) is 1.67. The van der Waals surface area contributed by atoms with E-state index in [0.717, 1.165) is 17.1 Å². The first-order chi connectivity index (χ1) is 6.81. The first-order valence-electron chi connectivity index (χ1n) is 4.66. The van der Waals surface area contributed by atoms with E-state index in [2.05, 4.69) is 10.1 Å². The van der Waals surface area contributed by atoms with Crippen LogP contribution < -0.4 is 4.74 Å². The van der Waals surface area contributed by atoms with Gasteiger partial charge >= 0.3 is 0 Å². The highest BCUT2D eigenvalue weighted by Gasteiger charge is 2.03. The zero-order valence-corrected chi connectivity index (χ0v) is 8.98. The number of fused-ring (bicyclic) bond motifs is 1. The van der Waals surface area contributed by atoms with E-state index in [1.54, 1.807) is 24.0 Å². The van der Waals surface area contributed by atoms with E-state index in [9.17, 15) is 0 Å². The van der Waals surface area contributed by atoms with Gasteiger partial charge in [0.05, 0.1) is 12.8 Å². The summed E-state index contributed by atoms with van der Waals surface area (Å²) in [6.07, 6.45) is 3.50. The third-order valence-electron chi connectivity index (χ3n) is 1.67. The Balaban J connectivity index is 0.000000461. The maximum Gasteiger partial charge on any atom is 0.196 e. The Morgan fingerprint density at radius 1 is 1.36 bits per heavy atom. The number of methoxy groups -OCH3 is 1. The minimum atomic E-state index is 0.753. The van der Waals surface area contributed by atoms with Crippen molar-refractivity contribution in [3.05, 3.63) is 24.2 Å². The van der Waals surface area contributed by atoms with Gasteiger partial charge in [-0.1, -0.05) is 13.8 Å². The molecule has 0 amide bonds. The lowest BCUT2D eigenvalue weighted by atomic mass is 10.4. The number of hydrogen-bond donors (Lipinski definition) is 0. The summed E-state index contributed by atoms with van der Waals surface area (Å²) in [5.41, 5.74) is 1.67. The second kappa shape index (κ2) is 4.60. The lowest BCUT2D eigenvalue weighted by molar-refractivity contribution is 0.415. The SMILES string of the molecule is CC.COc1cc(C)nn2ccnc12. The molecular formula is C10H15N3O. The highest BCUT2D eigenvalue weighted by Crippen LogP contribution is 2.16. The molecule has 0 unspecified atom stereocenters. The van der Waals surface area contributed by atoms with Gasteiger partial charge < -0.3 is 4.74 Å². The average molecular weight is 193 g/mol. The summed E-state index contributed by atoms with van der Waals surface area (Å²) < 4.78 is 6.85.